The molecule has 2 heterocycles. The standard InChI is InChI=1S/C15H13F2N3S/c1-10-8-14(19-12-5-3-2-4-11(10)12)21-9-13-18-6-7-20(13)15(16)17/h2-8,15H,9H2,1H3. The largest absolute Gasteiger partial charge is 0.319 e. The lowest BCUT2D eigenvalue weighted by Gasteiger charge is -2.08. The lowest BCUT2D eigenvalue weighted by Crippen LogP contribution is -2.02. The van der Waals surface area contributed by atoms with Crippen LogP contribution >= 0.6 is 11.8 Å². The molecule has 21 heavy (non-hydrogen) atoms. The number of rotatable bonds is 4. The number of aryl methyl sites for hydroxylation is 1. The SMILES string of the molecule is Cc1cc(SCc2nccn2C(F)F)nc2ccccc12. The van der Waals surface area contributed by atoms with Crippen LogP contribution in [0.4, 0.5) is 8.78 Å². The summed E-state index contributed by atoms with van der Waals surface area (Å²) in [5.41, 5.74) is 2.04. The Balaban J connectivity index is 1.84. The quantitative estimate of drug-likeness (QED) is 0.668. The Labute approximate surface area is 125 Å². The average Bonchev–Trinajstić information content (AvgIpc) is 2.94. The predicted octanol–water partition coefficient (Wildman–Crippen LogP) is 4.43. The van der Waals surface area contributed by atoms with E-state index < -0.39 is 6.55 Å². The van der Waals surface area contributed by atoms with Crippen LogP contribution in [0.2, 0.25) is 0 Å². The van der Waals surface area contributed by atoms with Crippen molar-refractivity contribution >= 4 is 22.7 Å². The molecule has 3 nitrogen and oxygen atoms in total. The van der Waals surface area contributed by atoms with Crippen LogP contribution in [0.3, 0.4) is 0 Å². The summed E-state index contributed by atoms with van der Waals surface area (Å²) >= 11 is 1.41. The van der Waals surface area contributed by atoms with Crippen LogP contribution in [0.25, 0.3) is 10.9 Å². The Morgan fingerprint density at radius 2 is 2.10 bits per heavy atom. The van der Waals surface area contributed by atoms with Gasteiger partial charge in [-0.25, -0.2) is 9.97 Å². The fourth-order valence-corrected chi connectivity index (χ4v) is 3.09. The minimum Gasteiger partial charge on any atom is -0.277 e. The first kappa shape index (κ1) is 14.0. The third-order valence-electron chi connectivity index (χ3n) is 3.21. The number of fused-ring (bicyclic) bond motifs is 1. The van der Waals surface area contributed by atoms with E-state index in [-0.39, 0.29) is 0 Å². The summed E-state index contributed by atoms with van der Waals surface area (Å²) < 4.78 is 26.4. The number of hydrogen-bond acceptors (Lipinski definition) is 3. The van der Waals surface area contributed by atoms with Gasteiger partial charge in [0.2, 0.25) is 0 Å². The van der Waals surface area contributed by atoms with Crippen LogP contribution in [0.15, 0.2) is 47.8 Å². The van der Waals surface area contributed by atoms with Crippen LogP contribution < -0.4 is 0 Å². The molecule has 0 bridgehead atoms. The van der Waals surface area contributed by atoms with Gasteiger partial charge in [-0.15, -0.1) is 0 Å². The summed E-state index contributed by atoms with van der Waals surface area (Å²) in [6.07, 6.45) is 2.68. The summed E-state index contributed by atoms with van der Waals surface area (Å²) in [5.74, 6) is 0.713. The Hall–Kier alpha value is -1.95. The van der Waals surface area contributed by atoms with Gasteiger partial charge < -0.3 is 0 Å². The van der Waals surface area contributed by atoms with E-state index in [1.807, 2.05) is 37.3 Å². The van der Waals surface area contributed by atoms with Crippen molar-refractivity contribution in [2.24, 2.45) is 0 Å². The van der Waals surface area contributed by atoms with Gasteiger partial charge in [-0.3, -0.25) is 4.57 Å². The molecule has 0 aliphatic rings. The molecule has 0 saturated heterocycles. The zero-order valence-corrected chi connectivity index (χ0v) is 12.1. The van der Waals surface area contributed by atoms with Crippen molar-refractivity contribution in [3.8, 4) is 0 Å². The number of hydrogen-bond donors (Lipinski definition) is 0. The number of benzene rings is 1. The molecule has 6 heteroatoms. The second-order valence-electron chi connectivity index (χ2n) is 4.61. The van der Waals surface area contributed by atoms with Gasteiger partial charge in [0.1, 0.15) is 5.82 Å². The highest BCUT2D eigenvalue weighted by Crippen LogP contribution is 2.26. The maximum Gasteiger partial charge on any atom is 0.319 e. The number of imidazole rings is 1. The first-order chi connectivity index (χ1) is 10.1. The lowest BCUT2D eigenvalue weighted by atomic mass is 10.1. The number of aromatic nitrogens is 3. The second-order valence-corrected chi connectivity index (χ2v) is 5.61. The van der Waals surface area contributed by atoms with E-state index in [1.54, 1.807) is 0 Å². The Morgan fingerprint density at radius 1 is 1.29 bits per heavy atom. The fourth-order valence-electron chi connectivity index (χ4n) is 2.16. The van der Waals surface area contributed by atoms with Gasteiger partial charge in [0.15, 0.2) is 0 Å². The third-order valence-corrected chi connectivity index (χ3v) is 4.12. The Morgan fingerprint density at radius 3 is 2.90 bits per heavy atom. The average molecular weight is 305 g/mol. The smallest absolute Gasteiger partial charge is 0.277 e. The molecule has 0 N–H and O–H groups in total. The molecule has 0 aliphatic heterocycles. The van der Waals surface area contributed by atoms with Crippen molar-refractivity contribution in [3.63, 3.8) is 0 Å². The first-order valence-corrected chi connectivity index (χ1v) is 7.43. The fraction of sp³-hybridized carbons (Fsp3) is 0.200. The van der Waals surface area contributed by atoms with Crippen molar-refractivity contribution in [1.29, 1.82) is 0 Å². The van der Waals surface area contributed by atoms with Gasteiger partial charge in [-0.05, 0) is 24.6 Å². The van der Waals surface area contributed by atoms with Crippen molar-refractivity contribution in [1.82, 2.24) is 14.5 Å². The van der Waals surface area contributed by atoms with E-state index in [0.29, 0.717) is 11.6 Å². The van der Waals surface area contributed by atoms with Crippen LogP contribution in [-0.4, -0.2) is 14.5 Å². The molecule has 0 radical (unpaired) electrons. The highest BCUT2D eigenvalue weighted by Gasteiger charge is 2.12. The third kappa shape index (κ3) is 2.90. The number of thioether (sulfide) groups is 1. The highest BCUT2D eigenvalue weighted by molar-refractivity contribution is 7.98. The molecular weight excluding hydrogens is 292 g/mol. The molecule has 0 saturated carbocycles. The van der Waals surface area contributed by atoms with Crippen LogP contribution in [0.1, 0.15) is 17.9 Å². The monoisotopic (exact) mass is 305 g/mol. The molecule has 0 amide bonds. The maximum atomic E-state index is 12.8. The van der Waals surface area contributed by atoms with Crippen LogP contribution in [0, 0.1) is 6.92 Å². The van der Waals surface area contributed by atoms with E-state index in [2.05, 4.69) is 9.97 Å². The van der Waals surface area contributed by atoms with Crippen LogP contribution in [-0.2, 0) is 5.75 Å². The Kier molecular flexibility index (Phi) is 3.88. The minimum atomic E-state index is -2.56. The van der Waals surface area contributed by atoms with E-state index in [4.69, 9.17) is 0 Å². The van der Waals surface area contributed by atoms with E-state index in [9.17, 15) is 8.78 Å². The molecule has 2 aromatic heterocycles. The van der Waals surface area contributed by atoms with Crippen molar-refractivity contribution < 1.29 is 8.78 Å². The normalized spacial score (nSPS) is 11.4. The maximum absolute atomic E-state index is 12.8. The highest BCUT2D eigenvalue weighted by atomic mass is 32.2. The van der Waals surface area contributed by atoms with E-state index >= 15 is 0 Å². The minimum absolute atomic E-state index is 0.350. The van der Waals surface area contributed by atoms with Crippen LogP contribution in [0.5, 0.6) is 0 Å². The van der Waals surface area contributed by atoms with Gasteiger partial charge in [0.05, 0.1) is 16.3 Å². The molecule has 0 atom stereocenters. The molecule has 0 unspecified atom stereocenters. The molecule has 0 aliphatic carbocycles. The first-order valence-electron chi connectivity index (χ1n) is 6.44. The second kappa shape index (κ2) is 5.81. The predicted molar refractivity (Wildman–Crippen MR) is 79.5 cm³/mol. The Bertz CT molecular complexity index is 770. The molecule has 0 spiro atoms. The van der Waals surface area contributed by atoms with Gasteiger partial charge in [0, 0.05) is 17.8 Å². The molecule has 3 rings (SSSR count). The molecule has 3 aromatic rings. The van der Waals surface area contributed by atoms with Gasteiger partial charge in [0.25, 0.3) is 0 Å². The van der Waals surface area contributed by atoms with Gasteiger partial charge >= 0.3 is 6.55 Å². The molecular formula is C15H13F2N3S. The topological polar surface area (TPSA) is 30.7 Å². The number of para-hydroxylation sites is 1. The van der Waals surface area contributed by atoms with E-state index in [1.165, 1.54) is 24.2 Å². The van der Waals surface area contributed by atoms with Gasteiger partial charge in [-0.1, -0.05) is 30.0 Å². The summed E-state index contributed by atoms with van der Waals surface area (Å²) in [7, 11) is 0. The number of pyridine rings is 1. The zero-order chi connectivity index (χ0) is 14.8. The van der Waals surface area contributed by atoms with E-state index in [0.717, 1.165) is 26.1 Å². The van der Waals surface area contributed by atoms with Gasteiger partial charge in [-0.2, -0.15) is 8.78 Å². The number of halogens is 2. The molecule has 1 aromatic carbocycles. The summed E-state index contributed by atoms with van der Waals surface area (Å²) in [5, 5.41) is 1.92. The van der Waals surface area contributed by atoms with Crippen molar-refractivity contribution in [3.05, 3.63) is 54.1 Å². The molecule has 0 fully saturated rings. The zero-order valence-electron chi connectivity index (χ0n) is 11.3. The summed E-state index contributed by atoms with van der Waals surface area (Å²) in [4.78, 5) is 8.52. The summed E-state index contributed by atoms with van der Waals surface area (Å²) in [6, 6.07) is 9.86. The summed E-state index contributed by atoms with van der Waals surface area (Å²) in [6.45, 7) is -0.539. The lowest BCUT2D eigenvalue weighted by molar-refractivity contribution is 0.0678. The number of nitrogens with zero attached hydrogens (tertiary/aromatic N) is 3. The molecule has 108 valence electrons. The number of alkyl halides is 2. The van der Waals surface area contributed by atoms with Crippen molar-refractivity contribution in [2.45, 2.75) is 24.3 Å². The van der Waals surface area contributed by atoms with Crippen molar-refractivity contribution in [2.75, 3.05) is 0 Å².